The molecule has 0 aromatic heterocycles. The quantitative estimate of drug-likeness (QED) is 0.822. The Morgan fingerprint density at radius 1 is 1.25 bits per heavy atom. The van der Waals surface area contributed by atoms with Gasteiger partial charge < -0.3 is 10.4 Å². The molecule has 1 rings (SSSR count). The van der Waals surface area contributed by atoms with Gasteiger partial charge in [-0.1, -0.05) is 32.9 Å². The van der Waals surface area contributed by atoms with Crippen LogP contribution < -0.4 is 5.32 Å². The van der Waals surface area contributed by atoms with E-state index in [4.69, 9.17) is 0 Å². The number of phenolic OH excluding ortho intramolecular Hbond substituents is 1. The molecule has 0 saturated carbocycles. The fourth-order valence-corrected chi connectivity index (χ4v) is 1.91. The fraction of sp³-hybridized carbons (Fsp3) is 0.571. The lowest BCUT2D eigenvalue weighted by Gasteiger charge is -2.23. The van der Waals surface area contributed by atoms with Crippen molar-refractivity contribution in [1.82, 2.24) is 5.32 Å². The van der Waals surface area contributed by atoms with E-state index in [9.17, 15) is 5.11 Å². The molecule has 0 atom stereocenters. The van der Waals surface area contributed by atoms with E-state index >= 15 is 0 Å². The van der Waals surface area contributed by atoms with Gasteiger partial charge in [0.2, 0.25) is 0 Å². The van der Waals surface area contributed by atoms with Gasteiger partial charge in [-0.15, -0.1) is 0 Å². The van der Waals surface area contributed by atoms with Crippen LogP contribution in [0.5, 0.6) is 5.75 Å². The molecular weight excluding hydrogens is 198 g/mol. The number of rotatable bonds is 3. The highest BCUT2D eigenvalue weighted by atomic mass is 16.3. The third-order valence-corrected chi connectivity index (χ3v) is 2.95. The highest BCUT2D eigenvalue weighted by molar-refractivity contribution is 5.48. The summed E-state index contributed by atoms with van der Waals surface area (Å²) in [5, 5.41) is 13.4. The summed E-state index contributed by atoms with van der Waals surface area (Å²) < 4.78 is 0. The molecule has 1 aromatic rings. The Hall–Kier alpha value is -1.02. The van der Waals surface area contributed by atoms with Crippen molar-refractivity contribution >= 4 is 0 Å². The maximum atomic E-state index is 10.3. The van der Waals surface area contributed by atoms with Crippen molar-refractivity contribution in [2.75, 3.05) is 13.6 Å². The van der Waals surface area contributed by atoms with Crippen LogP contribution in [0.1, 0.15) is 37.5 Å². The van der Waals surface area contributed by atoms with Crippen LogP contribution in [0.4, 0.5) is 0 Å². The molecule has 0 radical (unpaired) electrons. The van der Waals surface area contributed by atoms with Crippen molar-refractivity contribution in [3.8, 4) is 5.75 Å². The van der Waals surface area contributed by atoms with Crippen molar-refractivity contribution in [2.24, 2.45) is 0 Å². The van der Waals surface area contributed by atoms with Crippen molar-refractivity contribution in [1.29, 1.82) is 0 Å². The van der Waals surface area contributed by atoms with Crippen molar-refractivity contribution < 1.29 is 5.11 Å². The Morgan fingerprint density at radius 2 is 1.88 bits per heavy atom. The smallest absolute Gasteiger partial charge is 0.122 e. The molecule has 0 bridgehead atoms. The molecule has 0 spiro atoms. The van der Waals surface area contributed by atoms with Crippen molar-refractivity contribution in [2.45, 2.75) is 39.5 Å². The van der Waals surface area contributed by atoms with Crippen LogP contribution in [0.15, 0.2) is 12.1 Å². The topological polar surface area (TPSA) is 32.3 Å². The van der Waals surface area contributed by atoms with Gasteiger partial charge in [0.25, 0.3) is 0 Å². The summed E-state index contributed by atoms with van der Waals surface area (Å²) in [6, 6.07) is 4.14. The van der Waals surface area contributed by atoms with Gasteiger partial charge in [-0.3, -0.25) is 0 Å². The normalized spacial score (nSPS) is 11.8. The highest BCUT2D eigenvalue weighted by Gasteiger charge is 2.20. The summed E-state index contributed by atoms with van der Waals surface area (Å²) in [4.78, 5) is 0. The number of likely N-dealkylation sites (N-methyl/N-ethyl adjacent to an activating group) is 1. The predicted octanol–water partition coefficient (Wildman–Crippen LogP) is 2.76. The second-order valence-electron chi connectivity index (χ2n) is 5.36. The maximum Gasteiger partial charge on any atom is 0.122 e. The largest absolute Gasteiger partial charge is 0.507 e. The summed E-state index contributed by atoms with van der Waals surface area (Å²) in [6.07, 6.45) is 0.873. The van der Waals surface area contributed by atoms with E-state index in [1.165, 1.54) is 5.56 Å². The zero-order chi connectivity index (χ0) is 12.3. The molecule has 2 heteroatoms. The average molecular weight is 221 g/mol. The minimum atomic E-state index is -0.00776. The number of hydrogen-bond donors (Lipinski definition) is 2. The van der Waals surface area contributed by atoms with E-state index in [2.05, 4.69) is 39.1 Å². The molecule has 0 saturated heterocycles. The number of hydrogen-bond acceptors (Lipinski definition) is 2. The molecule has 0 aliphatic heterocycles. The molecule has 2 nitrogen and oxygen atoms in total. The molecule has 0 aliphatic rings. The Kier molecular flexibility index (Phi) is 3.98. The third kappa shape index (κ3) is 2.76. The standard InChI is InChI=1S/C14H23NO/c1-10-6-7-12(14(2,3)4)13(16)11(10)8-9-15-5/h6-7,15-16H,8-9H2,1-5H3. The Morgan fingerprint density at radius 3 is 2.38 bits per heavy atom. The lowest BCUT2D eigenvalue weighted by atomic mass is 9.84. The SMILES string of the molecule is CNCCc1c(C)ccc(C(C)(C)C)c1O. The number of benzene rings is 1. The van der Waals surface area contributed by atoms with Crippen LogP contribution in [0, 0.1) is 6.92 Å². The van der Waals surface area contributed by atoms with Gasteiger partial charge >= 0.3 is 0 Å². The second-order valence-corrected chi connectivity index (χ2v) is 5.36. The minimum absolute atomic E-state index is 0.00776. The molecule has 0 unspecified atom stereocenters. The third-order valence-electron chi connectivity index (χ3n) is 2.95. The lowest BCUT2D eigenvalue weighted by Crippen LogP contribution is -2.15. The first-order chi connectivity index (χ1) is 7.38. The number of phenols is 1. The van der Waals surface area contributed by atoms with Crippen LogP contribution in [-0.4, -0.2) is 18.7 Å². The van der Waals surface area contributed by atoms with E-state index in [-0.39, 0.29) is 5.41 Å². The predicted molar refractivity (Wildman–Crippen MR) is 69.2 cm³/mol. The number of aryl methyl sites for hydroxylation is 1. The van der Waals surface area contributed by atoms with Crippen LogP contribution in [0.2, 0.25) is 0 Å². The molecule has 1 aromatic carbocycles. The van der Waals surface area contributed by atoms with E-state index in [0.717, 1.165) is 24.1 Å². The molecule has 90 valence electrons. The van der Waals surface area contributed by atoms with Crippen LogP contribution >= 0.6 is 0 Å². The molecule has 0 aliphatic carbocycles. The second kappa shape index (κ2) is 4.88. The Labute approximate surface area is 98.7 Å². The molecular formula is C14H23NO. The van der Waals surface area contributed by atoms with E-state index in [1.54, 1.807) is 0 Å². The summed E-state index contributed by atoms with van der Waals surface area (Å²) in [5.41, 5.74) is 3.26. The highest BCUT2D eigenvalue weighted by Crippen LogP contribution is 2.34. The lowest BCUT2D eigenvalue weighted by molar-refractivity contribution is 0.439. The van der Waals surface area contributed by atoms with Gasteiger partial charge in [0, 0.05) is 0 Å². The van der Waals surface area contributed by atoms with E-state index in [1.807, 2.05) is 13.1 Å². The zero-order valence-corrected chi connectivity index (χ0v) is 11.0. The first kappa shape index (κ1) is 13.0. The first-order valence-corrected chi connectivity index (χ1v) is 5.84. The van der Waals surface area contributed by atoms with Crippen LogP contribution in [-0.2, 0) is 11.8 Å². The Bertz CT molecular complexity index is 364. The molecule has 0 amide bonds. The van der Waals surface area contributed by atoms with Crippen molar-refractivity contribution in [3.63, 3.8) is 0 Å². The van der Waals surface area contributed by atoms with Gasteiger partial charge in [0.15, 0.2) is 0 Å². The van der Waals surface area contributed by atoms with Gasteiger partial charge in [-0.05, 0) is 49.0 Å². The van der Waals surface area contributed by atoms with E-state index in [0.29, 0.717) is 5.75 Å². The van der Waals surface area contributed by atoms with Gasteiger partial charge in [-0.2, -0.15) is 0 Å². The summed E-state index contributed by atoms with van der Waals surface area (Å²) in [5.74, 6) is 0.475. The maximum absolute atomic E-state index is 10.3. The molecule has 2 N–H and O–H groups in total. The van der Waals surface area contributed by atoms with Crippen LogP contribution in [0.3, 0.4) is 0 Å². The monoisotopic (exact) mass is 221 g/mol. The molecule has 0 fully saturated rings. The summed E-state index contributed by atoms with van der Waals surface area (Å²) in [7, 11) is 1.93. The van der Waals surface area contributed by atoms with E-state index < -0.39 is 0 Å². The number of nitrogens with one attached hydrogen (secondary N) is 1. The Balaban J connectivity index is 3.16. The number of aromatic hydroxyl groups is 1. The van der Waals surface area contributed by atoms with Gasteiger partial charge in [-0.25, -0.2) is 0 Å². The van der Waals surface area contributed by atoms with Gasteiger partial charge in [0.05, 0.1) is 0 Å². The van der Waals surface area contributed by atoms with Crippen LogP contribution in [0.25, 0.3) is 0 Å². The molecule has 16 heavy (non-hydrogen) atoms. The molecule has 0 heterocycles. The minimum Gasteiger partial charge on any atom is -0.507 e. The first-order valence-electron chi connectivity index (χ1n) is 5.84. The zero-order valence-electron chi connectivity index (χ0n) is 11.0. The van der Waals surface area contributed by atoms with Gasteiger partial charge in [0.1, 0.15) is 5.75 Å². The summed E-state index contributed by atoms with van der Waals surface area (Å²) >= 11 is 0. The van der Waals surface area contributed by atoms with Crippen molar-refractivity contribution in [3.05, 3.63) is 28.8 Å². The summed E-state index contributed by atoms with van der Waals surface area (Å²) in [6.45, 7) is 9.32. The average Bonchev–Trinajstić information content (AvgIpc) is 2.15. The fourth-order valence-electron chi connectivity index (χ4n) is 1.91.